The molecule has 4 rings (SSSR count). The third kappa shape index (κ3) is 3.04. The second kappa shape index (κ2) is 6.11. The van der Waals surface area contributed by atoms with E-state index in [1.165, 1.54) is 24.2 Å². The van der Waals surface area contributed by atoms with Gasteiger partial charge in [-0.3, -0.25) is 4.79 Å². The summed E-state index contributed by atoms with van der Waals surface area (Å²) in [4.78, 5) is 12.1. The van der Waals surface area contributed by atoms with Crippen LogP contribution in [0.25, 0.3) is 5.65 Å². The van der Waals surface area contributed by atoms with Crippen LogP contribution in [0.2, 0.25) is 0 Å². The molecule has 1 N–H and O–H groups in total. The Balaban J connectivity index is 1.39. The molecule has 1 aliphatic rings. The maximum atomic E-state index is 12.1. The van der Waals surface area contributed by atoms with E-state index in [2.05, 4.69) is 30.8 Å². The lowest BCUT2D eigenvalue weighted by Gasteiger charge is -2.02. The molecule has 9 nitrogen and oxygen atoms in total. The molecule has 3 heterocycles. The van der Waals surface area contributed by atoms with Crippen molar-refractivity contribution < 1.29 is 9.53 Å². The van der Waals surface area contributed by atoms with Crippen molar-refractivity contribution in [3.63, 3.8) is 0 Å². The number of carbonyl (C=O) groups excluding carboxylic acids is 1. The van der Waals surface area contributed by atoms with E-state index in [4.69, 9.17) is 4.74 Å². The molecule has 0 aliphatic heterocycles. The Bertz CT molecular complexity index is 886. The van der Waals surface area contributed by atoms with Crippen LogP contribution in [0.15, 0.2) is 12.1 Å². The minimum atomic E-state index is -0.131. The fraction of sp³-hybridized carbons (Fsp3) is 0.429. The largest absolute Gasteiger partial charge is 0.480 e. The maximum absolute atomic E-state index is 12.1. The van der Waals surface area contributed by atoms with E-state index in [9.17, 15) is 4.79 Å². The Morgan fingerprint density at radius 3 is 3.00 bits per heavy atom. The molecule has 0 saturated heterocycles. The van der Waals surface area contributed by atoms with Crippen LogP contribution in [0.4, 0.5) is 5.13 Å². The van der Waals surface area contributed by atoms with Crippen LogP contribution in [0.5, 0.6) is 5.88 Å². The number of nitrogens with zero attached hydrogens (tertiary/aromatic N) is 6. The standard InChI is InChI=1S/C14H15N7O2S/c1-23-12-7-5-10-17-16-9(21(10)20-12)4-6-11(22)15-14-19-18-13(24-14)8-2-3-8/h5,7-8H,2-4,6H2,1H3,(H,15,19,22). The summed E-state index contributed by atoms with van der Waals surface area (Å²) in [7, 11) is 1.55. The second-order valence-corrected chi connectivity index (χ2v) is 6.54. The average molecular weight is 345 g/mol. The highest BCUT2D eigenvalue weighted by Crippen LogP contribution is 2.42. The molecule has 1 fully saturated rings. The molecule has 0 atom stereocenters. The molecule has 0 bridgehead atoms. The molecule has 0 unspecified atom stereocenters. The summed E-state index contributed by atoms with van der Waals surface area (Å²) in [5, 5.41) is 24.8. The molecule has 24 heavy (non-hydrogen) atoms. The van der Waals surface area contributed by atoms with Gasteiger partial charge in [0.05, 0.1) is 7.11 Å². The number of aryl methyl sites for hydroxylation is 1. The number of aromatic nitrogens is 6. The van der Waals surface area contributed by atoms with Crippen LogP contribution in [0.3, 0.4) is 0 Å². The highest BCUT2D eigenvalue weighted by molar-refractivity contribution is 7.15. The number of methoxy groups -OCH3 is 1. The van der Waals surface area contributed by atoms with Gasteiger partial charge in [0.1, 0.15) is 5.01 Å². The van der Waals surface area contributed by atoms with Crippen molar-refractivity contribution in [2.45, 2.75) is 31.6 Å². The van der Waals surface area contributed by atoms with Crippen molar-refractivity contribution in [1.29, 1.82) is 0 Å². The van der Waals surface area contributed by atoms with Crippen molar-refractivity contribution >= 4 is 28.0 Å². The van der Waals surface area contributed by atoms with Gasteiger partial charge in [-0.25, -0.2) is 0 Å². The lowest BCUT2D eigenvalue weighted by Crippen LogP contribution is -2.13. The van der Waals surface area contributed by atoms with Gasteiger partial charge >= 0.3 is 0 Å². The first kappa shape index (κ1) is 14.9. The molecular weight excluding hydrogens is 330 g/mol. The van der Waals surface area contributed by atoms with Crippen LogP contribution >= 0.6 is 11.3 Å². The summed E-state index contributed by atoms with van der Waals surface area (Å²) in [5.74, 6) is 1.48. The lowest BCUT2D eigenvalue weighted by atomic mass is 10.3. The molecule has 1 aliphatic carbocycles. The number of ether oxygens (including phenoxy) is 1. The Hall–Kier alpha value is -2.62. The maximum Gasteiger partial charge on any atom is 0.231 e. The van der Waals surface area contributed by atoms with E-state index in [1.54, 1.807) is 23.8 Å². The van der Waals surface area contributed by atoms with Gasteiger partial charge < -0.3 is 10.1 Å². The number of nitrogens with one attached hydrogen (secondary N) is 1. The molecule has 0 spiro atoms. The van der Waals surface area contributed by atoms with Crippen LogP contribution < -0.4 is 10.1 Å². The highest BCUT2D eigenvalue weighted by Gasteiger charge is 2.27. The molecule has 10 heteroatoms. The van der Waals surface area contributed by atoms with Gasteiger partial charge in [0.15, 0.2) is 11.5 Å². The van der Waals surface area contributed by atoms with E-state index in [0.717, 1.165) is 5.01 Å². The van der Waals surface area contributed by atoms with Gasteiger partial charge in [-0.15, -0.1) is 25.5 Å². The van der Waals surface area contributed by atoms with Gasteiger partial charge in [-0.2, -0.15) is 4.52 Å². The first-order chi connectivity index (χ1) is 11.7. The summed E-state index contributed by atoms with van der Waals surface area (Å²) >= 11 is 1.45. The number of amides is 1. The number of carbonyl (C=O) groups is 1. The second-order valence-electron chi connectivity index (χ2n) is 5.53. The smallest absolute Gasteiger partial charge is 0.231 e. The summed E-state index contributed by atoms with van der Waals surface area (Å²) in [6.45, 7) is 0. The highest BCUT2D eigenvalue weighted by atomic mass is 32.1. The third-order valence-corrected chi connectivity index (χ3v) is 4.70. The van der Waals surface area contributed by atoms with E-state index in [1.807, 2.05) is 0 Å². The topological polar surface area (TPSA) is 107 Å². The van der Waals surface area contributed by atoms with E-state index in [0.29, 0.717) is 34.8 Å². The van der Waals surface area contributed by atoms with Gasteiger partial charge in [-0.05, 0) is 18.9 Å². The fourth-order valence-corrected chi connectivity index (χ4v) is 3.20. The summed E-state index contributed by atoms with van der Waals surface area (Å²) in [6, 6.07) is 3.48. The molecule has 3 aromatic heterocycles. The third-order valence-electron chi connectivity index (χ3n) is 3.70. The molecule has 0 radical (unpaired) electrons. The Kier molecular flexibility index (Phi) is 3.81. The SMILES string of the molecule is COc1ccc2nnc(CCC(=O)Nc3nnc(C4CC4)s3)n2n1. The van der Waals surface area contributed by atoms with Gasteiger partial charge in [0.25, 0.3) is 0 Å². The van der Waals surface area contributed by atoms with Gasteiger partial charge in [-0.1, -0.05) is 11.3 Å². The quantitative estimate of drug-likeness (QED) is 0.720. The molecular formula is C14H15N7O2S. The lowest BCUT2D eigenvalue weighted by molar-refractivity contribution is -0.116. The number of hydrogen-bond donors (Lipinski definition) is 1. The van der Waals surface area contributed by atoms with E-state index >= 15 is 0 Å². The zero-order chi connectivity index (χ0) is 16.5. The first-order valence-corrected chi connectivity index (χ1v) is 8.43. The number of anilines is 1. The fourth-order valence-electron chi connectivity index (χ4n) is 2.27. The van der Waals surface area contributed by atoms with Crippen LogP contribution in [0, 0.1) is 0 Å². The normalized spacial score (nSPS) is 14.0. The predicted molar refractivity (Wildman–Crippen MR) is 86.2 cm³/mol. The van der Waals surface area contributed by atoms with Crippen molar-refractivity contribution in [3.8, 4) is 5.88 Å². The van der Waals surface area contributed by atoms with Crippen molar-refractivity contribution in [3.05, 3.63) is 23.0 Å². The Morgan fingerprint density at radius 2 is 2.21 bits per heavy atom. The predicted octanol–water partition coefficient (Wildman–Crippen LogP) is 1.43. The molecule has 3 aromatic rings. The van der Waals surface area contributed by atoms with Crippen LogP contribution in [-0.2, 0) is 11.2 Å². The monoisotopic (exact) mass is 345 g/mol. The van der Waals surface area contributed by atoms with Gasteiger partial charge in [0.2, 0.25) is 16.9 Å². The van der Waals surface area contributed by atoms with E-state index < -0.39 is 0 Å². The summed E-state index contributed by atoms with van der Waals surface area (Å²) < 4.78 is 6.68. The molecule has 1 saturated carbocycles. The van der Waals surface area contributed by atoms with Crippen molar-refractivity contribution in [2.24, 2.45) is 0 Å². The zero-order valence-corrected chi connectivity index (χ0v) is 13.8. The van der Waals surface area contributed by atoms with E-state index in [-0.39, 0.29) is 12.3 Å². The first-order valence-electron chi connectivity index (χ1n) is 7.61. The molecule has 124 valence electrons. The van der Waals surface area contributed by atoms with Crippen LogP contribution in [0.1, 0.15) is 36.0 Å². The Morgan fingerprint density at radius 1 is 1.33 bits per heavy atom. The van der Waals surface area contributed by atoms with Gasteiger partial charge in [0, 0.05) is 24.8 Å². The van der Waals surface area contributed by atoms with Crippen molar-refractivity contribution in [2.75, 3.05) is 12.4 Å². The zero-order valence-electron chi connectivity index (χ0n) is 13.0. The number of hydrogen-bond acceptors (Lipinski definition) is 8. The average Bonchev–Trinajstić information content (AvgIpc) is 3.21. The summed E-state index contributed by atoms with van der Waals surface area (Å²) in [5.41, 5.74) is 0.615. The van der Waals surface area contributed by atoms with Crippen molar-refractivity contribution in [1.82, 2.24) is 30.0 Å². The molecule has 0 aromatic carbocycles. The molecule has 1 amide bonds. The Labute approximate surface area is 141 Å². The summed E-state index contributed by atoms with van der Waals surface area (Å²) in [6.07, 6.45) is 3.01. The number of fused-ring (bicyclic) bond motifs is 1. The minimum Gasteiger partial charge on any atom is -0.480 e. The number of rotatable bonds is 6. The van der Waals surface area contributed by atoms with Crippen LogP contribution in [-0.4, -0.2) is 43.0 Å². The minimum absolute atomic E-state index is 0.131.